The second-order valence-corrected chi connectivity index (χ2v) is 4.93. The van der Waals surface area contributed by atoms with Gasteiger partial charge in [-0.05, 0) is 41.1 Å². The highest BCUT2D eigenvalue weighted by atomic mass is 127. The van der Waals surface area contributed by atoms with Crippen LogP contribution in [-0.4, -0.2) is 9.55 Å². The highest BCUT2D eigenvalue weighted by molar-refractivity contribution is 14.1. The Hall–Kier alpha value is -1.37. The maximum absolute atomic E-state index is 12.0. The van der Waals surface area contributed by atoms with E-state index in [0.717, 1.165) is 9.99 Å². The fourth-order valence-corrected chi connectivity index (χ4v) is 2.04. The van der Waals surface area contributed by atoms with Crippen molar-refractivity contribution < 1.29 is 4.74 Å². The fourth-order valence-electron chi connectivity index (χ4n) is 1.55. The van der Waals surface area contributed by atoms with Gasteiger partial charge in [-0.3, -0.25) is 4.79 Å². The van der Waals surface area contributed by atoms with Crippen LogP contribution in [0, 0.1) is 3.57 Å². The van der Waals surface area contributed by atoms with E-state index in [4.69, 9.17) is 4.74 Å². The summed E-state index contributed by atoms with van der Waals surface area (Å²) in [6.07, 6.45) is 4.16. The molecule has 5 heteroatoms. The zero-order valence-corrected chi connectivity index (χ0v) is 12.1. The van der Waals surface area contributed by atoms with Crippen LogP contribution < -0.4 is 10.3 Å². The molecule has 0 saturated carbocycles. The summed E-state index contributed by atoms with van der Waals surface area (Å²) in [7, 11) is 0. The third-order valence-corrected chi connectivity index (χ3v) is 3.28. The normalized spacial score (nSPS) is 10.3. The van der Waals surface area contributed by atoms with Crippen LogP contribution in [0.4, 0.5) is 0 Å². The number of ether oxygens (including phenoxy) is 1. The number of hydrogen-bond donors (Lipinski definition) is 0. The topological polar surface area (TPSA) is 44.1 Å². The average Bonchev–Trinajstić information content (AvgIpc) is 2.37. The highest BCUT2D eigenvalue weighted by Gasteiger charge is 2.08. The van der Waals surface area contributed by atoms with Gasteiger partial charge in [-0.15, -0.1) is 0 Å². The van der Waals surface area contributed by atoms with Crippen molar-refractivity contribution in [2.75, 3.05) is 0 Å². The van der Waals surface area contributed by atoms with E-state index >= 15 is 0 Å². The molecule has 0 atom stereocenters. The van der Waals surface area contributed by atoms with Crippen LogP contribution in [-0.2, 0) is 6.54 Å². The lowest BCUT2D eigenvalue weighted by molar-refractivity contribution is 0.441. The van der Waals surface area contributed by atoms with Crippen molar-refractivity contribution in [1.82, 2.24) is 9.55 Å². The molecule has 0 aliphatic carbocycles. The number of aryl methyl sites for hydroxylation is 1. The van der Waals surface area contributed by atoms with Gasteiger partial charge in [0.05, 0.1) is 3.57 Å². The minimum absolute atomic E-state index is 0.120. The predicted octanol–water partition coefficient (Wildman–Crippen LogP) is 3.05. The van der Waals surface area contributed by atoms with Crippen molar-refractivity contribution in [3.8, 4) is 11.6 Å². The van der Waals surface area contributed by atoms with Gasteiger partial charge in [-0.25, -0.2) is 4.98 Å². The molecule has 0 bridgehead atoms. The fraction of sp³-hybridized carbons (Fsp3) is 0.231. The summed E-state index contributed by atoms with van der Waals surface area (Å²) >= 11 is 2.16. The summed E-state index contributed by atoms with van der Waals surface area (Å²) in [5, 5.41) is 0. The maximum atomic E-state index is 12.0. The second-order valence-electron chi connectivity index (χ2n) is 3.76. The quantitative estimate of drug-likeness (QED) is 0.791. The Kier molecular flexibility index (Phi) is 4.35. The molecule has 0 N–H and O–H groups in total. The van der Waals surface area contributed by atoms with Gasteiger partial charge in [0.1, 0.15) is 5.75 Å². The van der Waals surface area contributed by atoms with Gasteiger partial charge in [0, 0.05) is 18.9 Å². The molecule has 0 aliphatic heterocycles. The van der Waals surface area contributed by atoms with Crippen LogP contribution in [0.15, 0.2) is 41.5 Å². The molecule has 4 nitrogen and oxygen atoms in total. The van der Waals surface area contributed by atoms with Crippen LogP contribution in [0.1, 0.15) is 13.3 Å². The van der Waals surface area contributed by atoms with Gasteiger partial charge < -0.3 is 9.30 Å². The SMILES string of the molecule is CCCn1ccnc(Oc2ccccc2I)c1=O. The number of para-hydroxylation sites is 1. The maximum Gasteiger partial charge on any atom is 0.313 e. The molecular formula is C13H13IN2O2. The highest BCUT2D eigenvalue weighted by Crippen LogP contribution is 2.23. The molecule has 1 heterocycles. The lowest BCUT2D eigenvalue weighted by Gasteiger charge is -2.08. The van der Waals surface area contributed by atoms with Crippen molar-refractivity contribution in [2.24, 2.45) is 0 Å². The van der Waals surface area contributed by atoms with Crippen LogP contribution in [0.5, 0.6) is 11.6 Å². The van der Waals surface area contributed by atoms with Crippen LogP contribution in [0.3, 0.4) is 0 Å². The van der Waals surface area contributed by atoms with Crippen LogP contribution in [0.2, 0.25) is 0 Å². The van der Waals surface area contributed by atoms with Gasteiger partial charge in [0.2, 0.25) is 0 Å². The molecule has 1 aromatic carbocycles. The molecule has 2 rings (SSSR count). The molecule has 2 aromatic rings. The molecule has 0 aliphatic rings. The van der Waals surface area contributed by atoms with Gasteiger partial charge >= 0.3 is 5.56 Å². The zero-order valence-electron chi connectivity index (χ0n) is 9.97. The summed E-state index contributed by atoms with van der Waals surface area (Å²) < 4.78 is 8.13. The van der Waals surface area contributed by atoms with E-state index in [9.17, 15) is 4.79 Å². The summed E-state index contributed by atoms with van der Waals surface area (Å²) in [5.41, 5.74) is -0.195. The zero-order chi connectivity index (χ0) is 13.0. The first kappa shape index (κ1) is 13.1. The Labute approximate surface area is 119 Å². The van der Waals surface area contributed by atoms with E-state index in [1.807, 2.05) is 31.2 Å². The van der Waals surface area contributed by atoms with Gasteiger partial charge in [-0.2, -0.15) is 0 Å². The van der Waals surface area contributed by atoms with Crippen molar-refractivity contribution in [3.05, 3.63) is 50.6 Å². The molecule has 0 saturated heterocycles. The largest absolute Gasteiger partial charge is 0.434 e. The lowest BCUT2D eigenvalue weighted by Crippen LogP contribution is -2.21. The lowest BCUT2D eigenvalue weighted by atomic mass is 10.3. The van der Waals surface area contributed by atoms with Gasteiger partial charge in [0.15, 0.2) is 0 Å². The Balaban J connectivity index is 2.33. The number of nitrogens with zero attached hydrogens (tertiary/aromatic N) is 2. The monoisotopic (exact) mass is 356 g/mol. The summed E-state index contributed by atoms with van der Waals surface area (Å²) in [4.78, 5) is 16.0. The number of halogens is 1. The van der Waals surface area contributed by atoms with E-state index in [-0.39, 0.29) is 11.4 Å². The Morgan fingerprint density at radius 1 is 1.39 bits per heavy atom. The van der Waals surface area contributed by atoms with Gasteiger partial charge in [0.25, 0.3) is 5.88 Å². The number of benzene rings is 1. The molecule has 94 valence electrons. The minimum atomic E-state index is -0.195. The Bertz CT molecular complexity index is 596. The standard InChI is InChI=1S/C13H13IN2O2/c1-2-8-16-9-7-15-12(13(16)17)18-11-6-4-3-5-10(11)14/h3-7,9H,2,8H2,1H3. The molecule has 18 heavy (non-hydrogen) atoms. The molecule has 0 spiro atoms. The summed E-state index contributed by atoms with van der Waals surface area (Å²) in [6, 6.07) is 7.52. The third kappa shape index (κ3) is 2.90. The van der Waals surface area contributed by atoms with E-state index in [1.54, 1.807) is 17.0 Å². The summed E-state index contributed by atoms with van der Waals surface area (Å²) in [5.74, 6) is 0.770. The van der Waals surface area contributed by atoms with E-state index in [1.165, 1.54) is 0 Å². The van der Waals surface area contributed by atoms with Crippen molar-refractivity contribution >= 4 is 22.6 Å². The van der Waals surface area contributed by atoms with Crippen LogP contribution in [0.25, 0.3) is 0 Å². The Morgan fingerprint density at radius 2 is 2.17 bits per heavy atom. The number of rotatable bonds is 4. The first-order valence-electron chi connectivity index (χ1n) is 5.70. The number of hydrogen-bond acceptors (Lipinski definition) is 3. The molecular weight excluding hydrogens is 343 g/mol. The first-order valence-corrected chi connectivity index (χ1v) is 6.78. The van der Waals surface area contributed by atoms with Gasteiger partial charge in [-0.1, -0.05) is 19.1 Å². The van der Waals surface area contributed by atoms with Crippen molar-refractivity contribution in [3.63, 3.8) is 0 Å². The van der Waals surface area contributed by atoms with E-state index < -0.39 is 0 Å². The molecule has 0 radical (unpaired) electrons. The van der Waals surface area contributed by atoms with Crippen molar-refractivity contribution in [1.29, 1.82) is 0 Å². The molecule has 0 unspecified atom stereocenters. The average molecular weight is 356 g/mol. The number of aromatic nitrogens is 2. The first-order chi connectivity index (χ1) is 8.72. The van der Waals surface area contributed by atoms with E-state index in [0.29, 0.717) is 12.3 Å². The molecule has 0 amide bonds. The molecule has 0 fully saturated rings. The second kappa shape index (κ2) is 5.99. The summed E-state index contributed by atoms with van der Waals surface area (Å²) in [6.45, 7) is 2.69. The predicted molar refractivity (Wildman–Crippen MR) is 78.0 cm³/mol. The third-order valence-electron chi connectivity index (χ3n) is 2.39. The smallest absolute Gasteiger partial charge is 0.313 e. The molecule has 1 aromatic heterocycles. The van der Waals surface area contributed by atoms with Crippen molar-refractivity contribution in [2.45, 2.75) is 19.9 Å². The minimum Gasteiger partial charge on any atom is -0.434 e. The van der Waals surface area contributed by atoms with Crippen LogP contribution >= 0.6 is 22.6 Å². The Morgan fingerprint density at radius 3 is 2.89 bits per heavy atom. The van der Waals surface area contributed by atoms with E-state index in [2.05, 4.69) is 27.6 Å².